The summed E-state index contributed by atoms with van der Waals surface area (Å²) in [4.78, 5) is 20.3. The van der Waals surface area contributed by atoms with Gasteiger partial charge in [-0.3, -0.25) is 14.6 Å². The Morgan fingerprint density at radius 3 is 2.20 bits per heavy atom. The molecule has 0 aliphatic carbocycles. The van der Waals surface area contributed by atoms with Crippen molar-refractivity contribution in [2.45, 2.75) is 32.9 Å². The highest BCUT2D eigenvalue weighted by Gasteiger charge is 2.32. The van der Waals surface area contributed by atoms with Crippen molar-refractivity contribution in [1.29, 1.82) is 0 Å². The van der Waals surface area contributed by atoms with Crippen LogP contribution in [0.1, 0.15) is 31.4 Å². The number of piperazine rings is 1. The van der Waals surface area contributed by atoms with Crippen LogP contribution < -0.4 is 0 Å². The Kier molecular flexibility index (Phi) is 4.45. The SMILES string of the molecule is Cc1ncc(C(C(=O)O)N2CCN(C(C)C)CC2)n1C. The number of carboxylic acid groups (broad SMARTS) is 1. The number of aromatic nitrogens is 2. The van der Waals surface area contributed by atoms with Crippen molar-refractivity contribution in [2.75, 3.05) is 26.2 Å². The van der Waals surface area contributed by atoms with Gasteiger partial charge in [-0.05, 0) is 20.8 Å². The molecule has 1 fully saturated rings. The summed E-state index contributed by atoms with van der Waals surface area (Å²) in [5.41, 5.74) is 0.757. The molecule has 2 heterocycles. The lowest BCUT2D eigenvalue weighted by Gasteiger charge is -2.39. The minimum absolute atomic E-state index is 0.513. The van der Waals surface area contributed by atoms with Crippen molar-refractivity contribution < 1.29 is 9.90 Å². The number of carbonyl (C=O) groups is 1. The second kappa shape index (κ2) is 5.93. The molecule has 1 saturated heterocycles. The summed E-state index contributed by atoms with van der Waals surface area (Å²) in [6.07, 6.45) is 1.68. The molecule has 0 bridgehead atoms. The van der Waals surface area contributed by atoms with E-state index in [9.17, 15) is 9.90 Å². The maximum atomic E-state index is 11.7. The van der Waals surface area contributed by atoms with E-state index < -0.39 is 12.0 Å². The molecule has 112 valence electrons. The molecule has 0 radical (unpaired) electrons. The van der Waals surface area contributed by atoms with Gasteiger partial charge in [0.05, 0.1) is 11.9 Å². The first-order valence-electron chi connectivity index (χ1n) is 7.11. The predicted molar refractivity (Wildman–Crippen MR) is 76.6 cm³/mol. The average molecular weight is 280 g/mol. The lowest BCUT2D eigenvalue weighted by Crippen LogP contribution is -2.51. The topological polar surface area (TPSA) is 61.6 Å². The predicted octanol–water partition coefficient (Wildman–Crippen LogP) is 0.880. The van der Waals surface area contributed by atoms with Crippen molar-refractivity contribution in [3.63, 3.8) is 0 Å². The molecule has 1 aliphatic heterocycles. The number of nitrogens with zero attached hydrogens (tertiary/aromatic N) is 4. The number of aliphatic carboxylic acids is 1. The highest BCUT2D eigenvalue weighted by molar-refractivity contribution is 5.75. The van der Waals surface area contributed by atoms with Crippen LogP contribution in [0, 0.1) is 6.92 Å². The molecule has 1 aromatic rings. The van der Waals surface area contributed by atoms with Gasteiger partial charge in [0.25, 0.3) is 0 Å². The number of hydrogen-bond donors (Lipinski definition) is 1. The number of aryl methyl sites for hydroxylation is 1. The Morgan fingerprint density at radius 2 is 1.80 bits per heavy atom. The van der Waals surface area contributed by atoms with Crippen LogP contribution in [0.25, 0.3) is 0 Å². The quantitative estimate of drug-likeness (QED) is 0.887. The van der Waals surface area contributed by atoms with Crippen molar-refractivity contribution in [2.24, 2.45) is 7.05 Å². The second-order valence-corrected chi connectivity index (χ2v) is 5.70. The first-order valence-corrected chi connectivity index (χ1v) is 7.11. The van der Waals surface area contributed by atoms with Gasteiger partial charge in [-0.25, -0.2) is 4.98 Å². The van der Waals surface area contributed by atoms with Gasteiger partial charge < -0.3 is 9.67 Å². The zero-order valence-electron chi connectivity index (χ0n) is 12.7. The lowest BCUT2D eigenvalue weighted by atomic mass is 10.1. The van der Waals surface area contributed by atoms with E-state index in [0.29, 0.717) is 6.04 Å². The van der Waals surface area contributed by atoms with Gasteiger partial charge in [-0.2, -0.15) is 0 Å². The first-order chi connectivity index (χ1) is 9.41. The van der Waals surface area contributed by atoms with E-state index in [-0.39, 0.29) is 0 Å². The smallest absolute Gasteiger partial charge is 0.327 e. The summed E-state index contributed by atoms with van der Waals surface area (Å²) in [5, 5.41) is 9.59. The maximum Gasteiger partial charge on any atom is 0.327 e. The second-order valence-electron chi connectivity index (χ2n) is 5.70. The molecule has 0 amide bonds. The summed E-state index contributed by atoms with van der Waals surface area (Å²) in [5.74, 6) is 0.0399. The van der Waals surface area contributed by atoms with Gasteiger partial charge in [0.2, 0.25) is 0 Å². The number of hydrogen-bond acceptors (Lipinski definition) is 4. The zero-order valence-corrected chi connectivity index (χ0v) is 12.7. The fourth-order valence-corrected chi connectivity index (χ4v) is 2.76. The highest BCUT2D eigenvalue weighted by Crippen LogP contribution is 2.23. The molecule has 1 aromatic heterocycles. The van der Waals surface area contributed by atoms with Crippen LogP contribution in [0.15, 0.2) is 6.20 Å². The average Bonchev–Trinajstić information content (AvgIpc) is 2.71. The van der Waals surface area contributed by atoms with E-state index in [1.807, 2.05) is 23.4 Å². The third-order valence-corrected chi connectivity index (χ3v) is 4.21. The molecule has 2 rings (SSSR count). The Labute approximate surface area is 120 Å². The van der Waals surface area contributed by atoms with Crippen LogP contribution in [-0.4, -0.2) is 62.6 Å². The van der Waals surface area contributed by atoms with Crippen LogP contribution >= 0.6 is 0 Å². The van der Waals surface area contributed by atoms with E-state index in [0.717, 1.165) is 37.7 Å². The zero-order chi connectivity index (χ0) is 14.9. The van der Waals surface area contributed by atoms with E-state index in [4.69, 9.17) is 0 Å². The van der Waals surface area contributed by atoms with Gasteiger partial charge in [-0.15, -0.1) is 0 Å². The molecule has 0 spiro atoms. The summed E-state index contributed by atoms with van der Waals surface area (Å²) < 4.78 is 1.87. The van der Waals surface area contributed by atoms with E-state index in [1.165, 1.54) is 0 Å². The van der Waals surface area contributed by atoms with Crippen molar-refractivity contribution >= 4 is 5.97 Å². The van der Waals surface area contributed by atoms with Gasteiger partial charge in [0, 0.05) is 39.3 Å². The Morgan fingerprint density at radius 1 is 1.25 bits per heavy atom. The number of rotatable bonds is 4. The van der Waals surface area contributed by atoms with E-state index in [1.54, 1.807) is 6.20 Å². The first kappa shape index (κ1) is 15.0. The third-order valence-electron chi connectivity index (χ3n) is 4.21. The highest BCUT2D eigenvalue weighted by atomic mass is 16.4. The standard InChI is InChI=1S/C14H24N4O2/c1-10(2)17-5-7-18(8-6-17)13(14(19)20)12-9-15-11(3)16(12)4/h9-10,13H,5-8H2,1-4H3,(H,19,20). The maximum absolute atomic E-state index is 11.7. The van der Waals surface area contributed by atoms with Crippen LogP contribution in [-0.2, 0) is 11.8 Å². The Balaban J connectivity index is 2.15. The fraction of sp³-hybridized carbons (Fsp3) is 0.714. The summed E-state index contributed by atoms with van der Waals surface area (Å²) in [7, 11) is 1.87. The van der Waals surface area contributed by atoms with Crippen LogP contribution in [0.3, 0.4) is 0 Å². The van der Waals surface area contributed by atoms with E-state index >= 15 is 0 Å². The van der Waals surface area contributed by atoms with Gasteiger partial charge in [0.1, 0.15) is 5.82 Å². The van der Waals surface area contributed by atoms with E-state index in [2.05, 4.69) is 23.7 Å². The molecule has 6 heteroatoms. The van der Waals surface area contributed by atoms with Crippen molar-refractivity contribution in [3.05, 3.63) is 17.7 Å². The molecule has 1 N–H and O–H groups in total. The summed E-state index contributed by atoms with van der Waals surface area (Å²) >= 11 is 0. The Bertz CT molecular complexity index is 476. The minimum atomic E-state index is -0.800. The van der Waals surface area contributed by atoms with Crippen molar-refractivity contribution in [3.8, 4) is 0 Å². The summed E-state index contributed by atoms with van der Waals surface area (Å²) in [6, 6.07) is -0.0881. The third kappa shape index (κ3) is 2.86. The van der Waals surface area contributed by atoms with Gasteiger partial charge in [0.15, 0.2) is 6.04 Å². The largest absolute Gasteiger partial charge is 0.480 e. The normalized spacial score (nSPS) is 19.4. The van der Waals surface area contributed by atoms with Crippen molar-refractivity contribution in [1.82, 2.24) is 19.4 Å². The van der Waals surface area contributed by atoms with Crippen LogP contribution in [0.2, 0.25) is 0 Å². The molecule has 6 nitrogen and oxygen atoms in total. The number of imidazole rings is 1. The lowest BCUT2D eigenvalue weighted by molar-refractivity contribution is -0.144. The van der Waals surface area contributed by atoms with Crippen LogP contribution in [0.4, 0.5) is 0 Å². The molecule has 1 unspecified atom stereocenters. The molecule has 1 aliphatic rings. The number of carboxylic acids is 1. The molecular formula is C14H24N4O2. The van der Waals surface area contributed by atoms with Gasteiger partial charge >= 0.3 is 5.97 Å². The summed E-state index contributed by atoms with van der Waals surface area (Å²) in [6.45, 7) is 9.62. The Hall–Kier alpha value is -1.40. The molecule has 0 saturated carbocycles. The monoisotopic (exact) mass is 280 g/mol. The molecule has 0 aromatic carbocycles. The molecular weight excluding hydrogens is 256 g/mol. The fourth-order valence-electron chi connectivity index (χ4n) is 2.76. The molecule has 1 atom stereocenters. The molecule has 20 heavy (non-hydrogen) atoms. The van der Waals surface area contributed by atoms with Crippen LogP contribution in [0.5, 0.6) is 0 Å². The van der Waals surface area contributed by atoms with Gasteiger partial charge in [-0.1, -0.05) is 0 Å². The minimum Gasteiger partial charge on any atom is -0.480 e.